The van der Waals surface area contributed by atoms with Crippen molar-refractivity contribution in [3.05, 3.63) is 27.9 Å². The summed E-state index contributed by atoms with van der Waals surface area (Å²) in [5.41, 5.74) is 6.08. The molecule has 1 fully saturated rings. The molecule has 3 N–H and O–H groups in total. The zero-order valence-electron chi connectivity index (χ0n) is 9.95. The number of nitrogens with one attached hydrogen (secondary N) is 1. The van der Waals surface area contributed by atoms with Crippen LogP contribution in [-0.2, 0) is 12.3 Å². The summed E-state index contributed by atoms with van der Waals surface area (Å²) in [4.78, 5) is 18.5. The average molecular weight is 253 g/mol. The Kier molecular flexibility index (Phi) is 4.62. The summed E-state index contributed by atoms with van der Waals surface area (Å²) < 4.78 is 0. The van der Waals surface area contributed by atoms with Gasteiger partial charge in [0.2, 0.25) is 0 Å². The van der Waals surface area contributed by atoms with Crippen LogP contribution in [0.25, 0.3) is 0 Å². The molecule has 0 spiro atoms. The van der Waals surface area contributed by atoms with E-state index in [9.17, 15) is 4.79 Å². The van der Waals surface area contributed by atoms with E-state index in [1.54, 1.807) is 0 Å². The molecule has 0 atom stereocenters. The van der Waals surface area contributed by atoms with Gasteiger partial charge in [-0.15, -0.1) is 0 Å². The number of hydrogen-bond acceptors (Lipinski definition) is 4. The highest BCUT2D eigenvalue weighted by Gasteiger charge is 2.14. The standard InChI is InChI=1S/C12H19N3OS/c13-7-9-6-12(16)15-11(14-9)8-17-10-4-2-1-3-5-10/h6,10H,1-5,7-8,13H2,(H,14,15,16). The Morgan fingerprint density at radius 2 is 2.18 bits per heavy atom. The molecule has 1 saturated carbocycles. The molecule has 94 valence electrons. The maximum Gasteiger partial charge on any atom is 0.251 e. The van der Waals surface area contributed by atoms with Crippen molar-refractivity contribution in [1.29, 1.82) is 0 Å². The molecule has 1 aliphatic carbocycles. The molecule has 1 aromatic heterocycles. The van der Waals surface area contributed by atoms with Crippen molar-refractivity contribution >= 4 is 11.8 Å². The van der Waals surface area contributed by atoms with E-state index in [0.29, 0.717) is 12.2 Å². The Morgan fingerprint density at radius 1 is 1.41 bits per heavy atom. The maximum atomic E-state index is 11.4. The summed E-state index contributed by atoms with van der Waals surface area (Å²) in [5.74, 6) is 1.54. The number of nitrogens with two attached hydrogens (primary N) is 1. The molecular formula is C12H19N3OS. The molecule has 17 heavy (non-hydrogen) atoms. The highest BCUT2D eigenvalue weighted by molar-refractivity contribution is 7.99. The summed E-state index contributed by atoms with van der Waals surface area (Å²) in [6, 6.07) is 1.47. The fourth-order valence-electron chi connectivity index (χ4n) is 2.16. The maximum absolute atomic E-state index is 11.4. The molecule has 0 unspecified atom stereocenters. The van der Waals surface area contributed by atoms with Gasteiger partial charge in [0.25, 0.3) is 5.56 Å². The van der Waals surface area contributed by atoms with Crippen LogP contribution in [-0.4, -0.2) is 15.2 Å². The van der Waals surface area contributed by atoms with Gasteiger partial charge in [-0.25, -0.2) is 4.98 Å². The van der Waals surface area contributed by atoms with Crippen LogP contribution >= 0.6 is 11.8 Å². The van der Waals surface area contributed by atoms with E-state index in [2.05, 4.69) is 9.97 Å². The predicted octanol–water partition coefficient (Wildman–Crippen LogP) is 1.79. The van der Waals surface area contributed by atoms with Crippen LogP contribution in [0.2, 0.25) is 0 Å². The van der Waals surface area contributed by atoms with E-state index in [-0.39, 0.29) is 5.56 Å². The van der Waals surface area contributed by atoms with Gasteiger partial charge in [-0.05, 0) is 12.8 Å². The minimum atomic E-state index is -0.0975. The van der Waals surface area contributed by atoms with E-state index in [4.69, 9.17) is 5.73 Å². The summed E-state index contributed by atoms with van der Waals surface area (Å²) >= 11 is 1.90. The van der Waals surface area contributed by atoms with Crippen LogP contribution in [0.4, 0.5) is 0 Å². The van der Waals surface area contributed by atoms with Gasteiger partial charge in [-0.1, -0.05) is 19.3 Å². The van der Waals surface area contributed by atoms with Crippen LogP contribution < -0.4 is 11.3 Å². The highest BCUT2D eigenvalue weighted by atomic mass is 32.2. The number of thioether (sulfide) groups is 1. The van der Waals surface area contributed by atoms with Crippen molar-refractivity contribution in [2.75, 3.05) is 0 Å². The first-order valence-corrected chi connectivity index (χ1v) is 7.23. The van der Waals surface area contributed by atoms with Gasteiger partial charge >= 0.3 is 0 Å². The van der Waals surface area contributed by atoms with Crippen molar-refractivity contribution in [3.8, 4) is 0 Å². The van der Waals surface area contributed by atoms with Gasteiger partial charge in [-0.2, -0.15) is 11.8 Å². The number of H-pyrrole nitrogens is 1. The lowest BCUT2D eigenvalue weighted by Gasteiger charge is -2.20. The molecule has 0 aliphatic heterocycles. The second-order valence-corrected chi connectivity index (χ2v) is 5.75. The largest absolute Gasteiger partial charge is 0.325 e. The third-order valence-corrected chi connectivity index (χ3v) is 4.44. The molecular weight excluding hydrogens is 234 g/mol. The van der Waals surface area contributed by atoms with Crippen molar-refractivity contribution in [2.45, 2.75) is 49.7 Å². The molecule has 1 aliphatic rings. The molecule has 1 aromatic rings. The fraction of sp³-hybridized carbons (Fsp3) is 0.667. The molecule has 4 nitrogen and oxygen atoms in total. The molecule has 0 radical (unpaired) electrons. The Balaban J connectivity index is 1.93. The van der Waals surface area contributed by atoms with E-state index in [0.717, 1.165) is 16.8 Å². The second kappa shape index (κ2) is 6.21. The first-order chi connectivity index (χ1) is 8.28. The number of nitrogens with zero attached hydrogens (tertiary/aromatic N) is 1. The Morgan fingerprint density at radius 3 is 2.88 bits per heavy atom. The normalized spacial score (nSPS) is 17.2. The van der Waals surface area contributed by atoms with E-state index < -0.39 is 0 Å². The monoisotopic (exact) mass is 253 g/mol. The molecule has 0 aromatic carbocycles. The van der Waals surface area contributed by atoms with Crippen molar-refractivity contribution in [1.82, 2.24) is 9.97 Å². The van der Waals surface area contributed by atoms with Gasteiger partial charge in [0.1, 0.15) is 5.82 Å². The molecule has 0 amide bonds. The average Bonchev–Trinajstić information content (AvgIpc) is 2.37. The summed E-state index contributed by atoms with van der Waals surface area (Å²) in [5, 5.41) is 0.732. The molecule has 5 heteroatoms. The topological polar surface area (TPSA) is 71.8 Å². The summed E-state index contributed by atoms with van der Waals surface area (Å²) in [7, 11) is 0. The van der Waals surface area contributed by atoms with Gasteiger partial charge in [0.05, 0.1) is 11.4 Å². The van der Waals surface area contributed by atoms with E-state index >= 15 is 0 Å². The Bertz CT molecular complexity index is 412. The Hall–Kier alpha value is -0.810. The van der Waals surface area contributed by atoms with Crippen LogP contribution in [0.3, 0.4) is 0 Å². The quantitative estimate of drug-likeness (QED) is 0.858. The molecule has 2 rings (SSSR count). The molecule has 0 saturated heterocycles. The van der Waals surface area contributed by atoms with Crippen molar-refractivity contribution in [2.24, 2.45) is 5.73 Å². The van der Waals surface area contributed by atoms with E-state index in [1.807, 2.05) is 11.8 Å². The van der Waals surface area contributed by atoms with Crippen molar-refractivity contribution in [3.63, 3.8) is 0 Å². The van der Waals surface area contributed by atoms with E-state index in [1.165, 1.54) is 38.2 Å². The zero-order chi connectivity index (χ0) is 12.1. The van der Waals surface area contributed by atoms with Gasteiger partial charge in [0.15, 0.2) is 0 Å². The van der Waals surface area contributed by atoms with Crippen LogP contribution in [0, 0.1) is 0 Å². The second-order valence-electron chi connectivity index (χ2n) is 4.46. The minimum Gasteiger partial charge on any atom is -0.325 e. The lowest BCUT2D eigenvalue weighted by Crippen LogP contribution is -2.15. The smallest absolute Gasteiger partial charge is 0.251 e. The number of aromatic nitrogens is 2. The number of aromatic amines is 1. The van der Waals surface area contributed by atoms with Gasteiger partial charge < -0.3 is 10.7 Å². The van der Waals surface area contributed by atoms with Crippen LogP contribution in [0.1, 0.15) is 43.6 Å². The van der Waals surface area contributed by atoms with Crippen LogP contribution in [0.5, 0.6) is 0 Å². The first-order valence-electron chi connectivity index (χ1n) is 6.18. The van der Waals surface area contributed by atoms with Crippen LogP contribution in [0.15, 0.2) is 10.9 Å². The van der Waals surface area contributed by atoms with Gasteiger partial charge in [0, 0.05) is 17.9 Å². The van der Waals surface area contributed by atoms with Gasteiger partial charge in [-0.3, -0.25) is 4.79 Å². The molecule has 0 bridgehead atoms. The zero-order valence-corrected chi connectivity index (χ0v) is 10.8. The predicted molar refractivity (Wildman–Crippen MR) is 70.9 cm³/mol. The first kappa shape index (κ1) is 12.6. The fourth-order valence-corrected chi connectivity index (χ4v) is 3.36. The highest BCUT2D eigenvalue weighted by Crippen LogP contribution is 2.29. The third kappa shape index (κ3) is 3.85. The summed E-state index contributed by atoms with van der Waals surface area (Å²) in [6.07, 6.45) is 6.64. The lowest BCUT2D eigenvalue weighted by atomic mass is 10.0. The number of rotatable bonds is 4. The lowest BCUT2D eigenvalue weighted by molar-refractivity contribution is 0.516. The minimum absolute atomic E-state index is 0.0975. The Labute approximate surface area is 105 Å². The third-order valence-electron chi connectivity index (χ3n) is 3.06. The SMILES string of the molecule is NCc1cc(=O)[nH]c(CSC2CCCCC2)n1. The number of hydrogen-bond donors (Lipinski definition) is 2. The summed E-state index contributed by atoms with van der Waals surface area (Å²) in [6.45, 7) is 0.324. The molecule has 1 heterocycles. The van der Waals surface area contributed by atoms with Crippen molar-refractivity contribution < 1.29 is 0 Å².